The van der Waals surface area contributed by atoms with Gasteiger partial charge in [0.15, 0.2) is 0 Å². The van der Waals surface area contributed by atoms with Crippen LogP contribution in [0, 0.1) is 11.3 Å². The Morgan fingerprint density at radius 2 is 2.14 bits per heavy atom. The molecule has 1 spiro atoms. The summed E-state index contributed by atoms with van der Waals surface area (Å²) in [5, 5.41) is 11.5. The van der Waals surface area contributed by atoms with Gasteiger partial charge in [-0.2, -0.15) is 18.4 Å². The number of ether oxygens (including phenoxy) is 1. The molecule has 116 valence electrons. The summed E-state index contributed by atoms with van der Waals surface area (Å²) >= 11 is 0. The third-order valence-electron chi connectivity index (χ3n) is 3.75. The second-order valence-electron chi connectivity index (χ2n) is 5.36. The number of cyclic esters (lactones) is 1. The third kappa shape index (κ3) is 2.52. The fourth-order valence-electron chi connectivity index (χ4n) is 2.64. The molecule has 0 aliphatic carbocycles. The lowest BCUT2D eigenvalue weighted by molar-refractivity contribution is -0.137. The molecule has 2 saturated heterocycles. The van der Waals surface area contributed by atoms with Gasteiger partial charge in [0.05, 0.1) is 17.7 Å². The lowest BCUT2D eigenvalue weighted by atomic mass is 9.86. The first kappa shape index (κ1) is 14.4. The van der Waals surface area contributed by atoms with Gasteiger partial charge in [-0.15, -0.1) is 0 Å². The van der Waals surface area contributed by atoms with Gasteiger partial charge in [-0.25, -0.2) is 9.78 Å². The van der Waals surface area contributed by atoms with Gasteiger partial charge in [0.25, 0.3) is 0 Å². The van der Waals surface area contributed by atoms with Gasteiger partial charge in [0, 0.05) is 19.5 Å². The zero-order valence-electron chi connectivity index (χ0n) is 11.3. The highest BCUT2D eigenvalue weighted by Crippen LogP contribution is 2.35. The number of aromatic nitrogens is 1. The third-order valence-corrected chi connectivity index (χ3v) is 3.75. The molecule has 3 heterocycles. The summed E-state index contributed by atoms with van der Waals surface area (Å²) in [6.45, 7) is 0.946. The van der Waals surface area contributed by atoms with Gasteiger partial charge in [-0.3, -0.25) is 0 Å². The highest BCUT2D eigenvalue weighted by Gasteiger charge is 2.47. The van der Waals surface area contributed by atoms with Crippen molar-refractivity contribution in [2.75, 3.05) is 24.6 Å². The Bertz CT molecular complexity index is 662. The van der Waals surface area contributed by atoms with Crippen molar-refractivity contribution in [1.29, 1.82) is 5.26 Å². The summed E-state index contributed by atoms with van der Waals surface area (Å²) in [6.07, 6.45) is -4.49. The van der Waals surface area contributed by atoms with Gasteiger partial charge >= 0.3 is 12.3 Å². The second-order valence-corrected chi connectivity index (χ2v) is 5.36. The molecule has 1 N–H and O–H groups in total. The van der Waals surface area contributed by atoms with Gasteiger partial charge < -0.3 is 15.0 Å². The van der Waals surface area contributed by atoms with Crippen LogP contribution in [0.15, 0.2) is 12.1 Å². The first-order chi connectivity index (χ1) is 10.3. The maximum Gasteiger partial charge on any atom is 0.416 e. The van der Waals surface area contributed by atoms with Crippen LogP contribution in [0.25, 0.3) is 0 Å². The van der Waals surface area contributed by atoms with E-state index in [-0.39, 0.29) is 18.1 Å². The summed E-state index contributed by atoms with van der Waals surface area (Å²) in [5.74, 6) is 0.0812. The Morgan fingerprint density at radius 3 is 2.73 bits per heavy atom. The van der Waals surface area contributed by atoms with Crippen LogP contribution in [0.4, 0.5) is 23.8 Å². The topological polar surface area (TPSA) is 78.2 Å². The molecule has 2 aliphatic rings. The number of pyridine rings is 1. The molecule has 0 bridgehead atoms. The molecule has 3 rings (SSSR count). The van der Waals surface area contributed by atoms with Gasteiger partial charge in [-0.1, -0.05) is 0 Å². The molecule has 22 heavy (non-hydrogen) atoms. The van der Waals surface area contributed by atoms with E-state index in [0.717, 1.165) is 12.1 Å². The van der Waals surface area contributed by atoms with Crippen LogP contribution in [-0.4, -0.2) is 36.3 Å². The maximum atomic E-state index is 12.8. The average Bonchev–Trinajstić information content (AvgIpc) is 2.43. The van der Waals surface area contributed by atoms with Crippen molar-refractivity contribution in [2.45, 2.75) is 18.1 Å². The van der Waals surface area contributed by atoms with Crippen molar-refractivity contribution in [3.63, 3.8) is 0 Å². The fourth-order valence-corrected chi connectivity index (χ4v) is 2.64. The summed E-state index contributed by atoms with van der Waals surface area (Å²) in [5.41, 5.74) is -1.69. The van der Waals surface area contributed by atoms with E-state index in [2.05, 4.69) is 10.3 Å². The van der Waals surface area contributed by atoms with Gasteiger partial charge in [-0.05, 0) is 12.1 Å². The summed E-state index contributed by atoms with van der Waals surface area (Å²) in [6, 6.07) is 3.26. The van der Waals surface area contributed by atoms with Crippen LogP contribution in [-0.2, 0) is 10.9 Å². The van der Waals surface area contributed by atoms with E-state index in [1.165, 1.54) is 0 Å². The summed E-state index contributed by atoms with van der Waals surface area (Å²) in [4.78, 5) is 16.7. The van der Waals surface area contributed by atoms with Crippen molar-refractivity contribution in [3.8, 4) is 6.07 Å². The van der Waals surface area contributed by atoms with Crippen LogP contribution in [0.1, 0.15) is 17.7 Å². The molecule has 1 amide bonds. The number of anilines is 1. The minimum Gasteiger partial charge on any atom is -0.449 e. The highest BCUT2D eigenvalue weighted by molar-refractivity contribution is 5.70. The quantitative estimate of drug-likeness (QED) is 0.853. The van der Waals surface area contributed by atoms with E-state index >= 15 is 0 Å². The molecular formula is C13H11F3N4O2. The average molecular weight is 312 g/mol. The van der Waals surface area contributed by atoms with E-state index in [4.69, 9.17) is 10.00 Å². The van der Waals surface area contributed by atoms with Crippen LogP contribution in [0.5, 0.6) is 0 Å². The van der Waals surface area contributed by atoms with Crippen LogP contribution < -0.4 is 10.2 Å². The van der Waals surface area contributed by atoms with E-state index in [1.807, 2.05) is 0 Å². The number of nitrogens with zero attached hydrogens (tertiary/aromatic N) is 3. The molecule has 0 atom stereocenters. The van der Waals surface area contributed by atoms with Crippen molar-refractivity contribution >= 4 is 11.9 Å². The summed E-state index contributed by atoms with van der Waals surface area (Å²) in [7, 11) is 0. The van der Waals surface area contributed by atoms with Crippen molar-refractivity contribution < 1.29 is 22.7 Å². The van der Waals surface area contributed by atoms with Crippen LogP contribution >= 0.6 is 0 Å². The number of amides is 1. The molecule has 0 saturated carbocycles. The molecule has 0 unspecified atom stereocenters. The SMILES string of the molecule is N#Cc1cc(C(F)(F)F)cc(N2CC3(CCOC(=O)N3)C2)n1. The number of alkyl halides is 3. The fraction of sp³-hybridized carbons (Fsp3) is 0.462. The Kier molecular flexibility index (Phi) is 3.12. The molecule has 2 aliphatic heterocycles. The van der Waals surface area contributed by atoms with Crippen molar-refractivity contribution in [1.82, 2.24) is 10.3 Å². The molecular weight excluding hydrogens is 301 g/mol. The molecule has 9 heteroatoms. The standard InChI is InChI=1S/C13H11F3N4O2/c14-13(15,16)8-3-9(5-17)18-10(4-8)20-6-12(7-20)1-2-22-11(21)19-12/h3-4H,1-2,6-7H2,(H,19,21). The summed E-state index contributed by atoms with van der Waals surface area (Å²) < 4.78 is 43.3. The smallest absolute Gasteiger partial charge is 0.416 e. The molecule has 2 fully saturated rings. The predicted octanol–water partition coefficient (Wildman–Crippen LogP) is 1.66. The number of nitriles is 1. The molecule has 6 nitrogen and oxygen atoms in total. The number of carbonyl (C=O) groups excluding carboxylic acids is 1. The van der Waals surface area contributed by atoms with Gasteiger partial charge in [0.2, 0.25) is 0 Å². The van der Waals surface area contributed by atoms with Gasteiger partial charge in [0.1, 0.15) is 17.6 Å². The maximum absolute atomic E-state index is 12.8. The van der Waals surface area contributed by atoms with E-state index in [0.29, 0.717) is 19.5 Å². The number of hydrogen-bond acceptors (Lipinski definition) is 5. The van der Waals surface area contributed by atoms with E-state index in [1.54, 1.807) is 11.0 Å². The first-order valence-corrected chi connectivity index (χ1v) is 6.51. The lowest BCUT2D eigenvalue weighted by Gasteiger charge is -2.52. The Labute approximate surface area is 123 Å². The monoisotopic (exact) mass is 312 g/mol. The number of nitrogens with one attached hydrogen (secondary N) is 1. The molecule has 1 aromatic heterocycles. The molecule has 1 aromatic rings. The minimum absolute atomic E-state index is 0.0812. The van der Waals surface area contributed by atoms with Crippen molar-refractivity contribution in [2.24, 2.45) is 0 Å². The zero-order chi connectivity index (χ0) is 16.0. The molecule has 0 radical (unpaired) electrons. The molecule has 0 aromatic carbocycles. The number of rotatable bonds is 1. The van der Waals surface area contributed by atoms with Crippen LogP contribution in [0.2, 0.25) is 0 Å². The van der Waals surface area contributed by atoms with E-state index < -0.39 is 23.4 Å². The zero-order valence-corrected chi connectivity index (χ0v) is 11.3. The number of carbonyl (C=O) groups is 1. The minimum atomic E-state index is -4.54. The second kappa shape index (κ2) is 4.76. The van der Waals surface area contributed by atoms with E-state index in [9.17, 15) is 18.0 Å². The van der Waals surface area contributed by atoms with Crippen LogP contribution in [0.3, 0.4) is 0 Å². The number of alkyl carbamates (subject to hydrolysis) is 1. The largest absolute Gasteiger partial charge is 0.449 e. The number of halogens is 3. The Morgan fingerprint density at radius 1 is 1.41 bits per heavy atom. The first-order valence-electron chi connectivity index (χ1n) is 6.51. The lowest BCUT2D eigenvalue weighted by Crippen LogP contribution is -2.72. The highest BCUT2D eigenvalue weighted by atomic mass is 19.4. The Balaban J connectivity index is 1.82. The Hall–Kier alpha value is -2.50. The normalized spacial score (nSPS) is 19.9. The predicted molar refractivity (Wildman–Crippen MR) is 68.0 cm³/mol. The van der Waals surface area contributed by atoms with Crippen molar-refractivity contribution in [3.05, 3.63) is 23.4 Å². The number of hydrogen-bond donors (Lipinski definition) is 1.